The van der Waals surface area contributed by atoms with Gasteiger partial charge in [0.25, 0.3) is 0 Å². The zero-order chi connectivity index (χ0) is 27.5. The van der Waals surface area contributed by atoms with Crippen LogP contribution in [0.5, 0.6) is 0 Å². The molecule has 0 saturated heterocycles. The third kappa shape index (κ3) is 8.28. The van der Waals surface area contributed by atoms with Crippen LogP contribution in [0, 0.1) is 18.2 Å². The number of hydrogen-bond acceptors (Lipinski definition) is 4. The summed E-state index contributed by atoms with van der Waals surface area (Å²) in [5.41, 5.74) is 4.08. The zero-order valence-electron chi connectivity index (χ0n) is 22.1. The van der Waals surface area contributed by atoms with Gasteiger partial charge in [0, 0.05) is 12.4 Å². The van der Waals surface area contributed by atoms with E-state index in [-0.39, 0.29) is 31.6 Å². The van der Waals surface area contributed by atoms with Gasteiger partial charge in [-0.3, -0.25) is 0 Å². The van der Waals surface area contributed by atoms with Gasteiger partial charge in [-0.1, -0.05) is 54.3 Å². The number of aromatic nitrogens is 2. The summed E-state index contributed by atoms with van der Waals surface area (Å²) in [6.07, 6.45) is 5.83. The van der Waals surface area contributed by atoms with Crippen LogP contribution in [0.4, 0.5) is 0 Å². The van der Waals surface area contributed by atoms with E-state index in [1.54, 1.807) is 0 Å². The summed E-state index contributed by atoms with van der Waals surface area (Å²) < 4.78 is 0. The summed E-state index contributed by atoms with van der Waals surface area (Å²) in [6.45, 7) is 2.74. The molecule has 198 valence electrons. The van der Waals surface area contributed by atoms with Crippen LogP contribution in [-0.4, -0.2) is 20.9 Å². The number of fused-ring (bicyclic) bond motifs is 2. The average Bonchev–Trinajstić information content (AvgIpc) is 2.97. The second-order valence-electron chi connectivity index (χ2n) is 8.58. The Labute approximate surface area is 248 Å². The van der Waals surface area contributed by atoms with Crippen molar-refractivity contribution in [1.82, 2.24) is 9.97 Å². The first-order valence-electron chi connectivity index (χ1n) is 12.4. The van der Waals surface area contributed by atoms with Crippen LogP contribution in [-0.2, 0) is 24.9 Å². The summed E-state index contributed by atoms with van der Waals surface area (Å²) in [5.74, 6) is -0.312. The average molecular weight is 700 g/mol. The normalized spacial score (nSPS) is 10.4. The molecule has 6 rings (SSSR count). The van der Waals surface area contributed by atoms with E-state index in [1.165, 1.54) is 35.4 Å². The number of allylic oxidation sites excluding steroid dienone is 2. The van der Waals surface area contributed by atoms with Gasteiger partial charge in [-0.25, -0.2) is 0 Å². The molecule has 0 aliphatic rings. The van der Waals surface area contributed by atoms with E-state index in [0.29, 0.717) is 0 Å². The van der Waals surface area contributed by atoms with Crippen LogP contribution in [0.25, 0.3) is 44.1 Å². The largest absolute Gasteiger partial charge is 3.00 e. The van der Waals surface area contributed by atoms with Crippen LogP contribution in [0.1, 0.15) is 13.8 Å². The van der Waals surface area contributed by atoms with Gasteiger partial charge >= 0.3 is 20.1 Å². The minimum atomic E-state index is -0.250. The minimum absolute atomic E-state index is 0. The van der Waals surface area contributed by atoms with E-state index in [0.717, 1.165) is 22.5 Å². The number of Topliss-reactive ketones (excluding diaryl/α,β-unsaturated/α-hetero) is 1. The van der Waals surface area contributed by atoms with Crippen molar-refractivity contribution in [1.29, 1.82) is 0 Å². The van der Waals surface area contributed by atoms with Gasteiger partial charge in [-0.05, 0) is 64.7 Å². The molecule has 0 radical (unpaired) electrons. The van der Waals surface area contributed by atoms with Crippen LogP contribution in [0.2, 0.25) is 0 Å². The van der Waals surface area contributed by atoms with E-state index in [4.69, 9.17) is 5.11 Å². The molecule has 0 saturated carbocycles. The molecule has 0 unspecified atom stereocenters. The van der Waals surface area contributed by atoms with E-state index < -0.39 is 0 Å². The Morgan fingerprint density at radius 2 is 1.07 bits per heavy atom. The van der Waals surface area contributed by atoms with Crippen molar-refractivity contribution in [2.45, 2.75) is 13.8 Å². The Bertz CT molecular complexity index is 1570. The molecule has 0 amide bonds. The molecule has 0 atom stereocenters. The fourth-order valence-corrected chi connectivity index (χ4v) is 4.00. The number of aliphatic hydroxyl groups excluding tert-OH is 1. The van der Waals surface area contributed by atoms with Crippen LogP contribution in [0.15, 0.2) is 127 Å². The molecule has 40 heavy (non-hydrogen) atoms. The molecule has 0 spiro atoms. The first-order chi connectivity index (χ1) is 19.0. The molecule has 6 aromatic rings. The first kappa shape index (κ1) is 30.1. The minimum Gasteiger partial charge on any atom is -0.549 e. The van der Waals surface area contributed by atoms with Crippen LogP contribution in [0.3, 0.4) is 0 Å². The summed E-state index contributed by atoms with van der Waals surface area (Å²) >= 11 is 0. The maximum absolute atomic E-state index is 9.96. The van der Waals surface area contributed by atoms with E-state index >= 15 is 0 Å². The third-order valence-electron chi connectivity index (χ3n) is 5.63. The number of aliphatic hydroxyl groups is 1. The molecular weight excluding hydrogens is 673 g/mol. The molecular formula is C35H27IrN2O2. The number of nitrogens with zero attached hydrogens (tertiary/aromatic N) is 2. The maximum atomic E-state index is 9.96. The van der Waals surface area contributed by atoms with Gasteiger partial charge in [0.1, 0.15) is 0 Å². The Kier molecular flexibility index (Phi) is 11.5. The quantitative estimate of drug-likeness (QED) is 0.115. The molecule has 0 aliphatic heterocycles. The van der Waals surface area contributed by atoms with Crippen molar-refractivity contribution >= 4 is 27.3 Å². The predicted octanol–water partition coefficient (Wildman–Crippen LogP) is 8.24. The number of hydrogen-bond donors (Lipinski definition) is 1. The number of carbonyl (C=O) groups excluding carboxylic acids is 1. The molecule has 1 N–H and O–H groups in total. The maximum Gasteiger partial charge on any atom is 3.00 e. The molecule has 4 nitrogen and oxygen atoms in total. The van der Waals surface area contributed by atoms with Crippen molar-refractivity contribution in [2.24, 2.45) is 0 Å². The fraction of sp³-hybridized carbons (Fsp3) is 0.0571. The second-order valence-corrected chi connectivity index (χ2v) is 8.58. The topological polar surface area (TPSA) is 63.1 Å². The van der Waals surface area contributed by atoms with Crippen molar-refractivity contribution in [3.63, 3.8) is 0 Å². The van der Waals surface area contributed by atoms with Crippen molar-refractivity contribution < 1.29 is 30.0 Å². The predicted molar refractivity (Wildman–Crippen MR) is 158 cm³/mol. The van der Waals surface area contributed by atoms with Crippen molar-refractivity contribution in [2.75, 3.05) is 0 Å². The monoisotopic (exact) mass is 700 g/mol. The Hall–Kier alpha value is -4.44. The van der Waals surface area contributed by atoms with Gasteiger partial charge < -0.3 is 25.9 Å². The number of carbonyl (C=O) groups is 1. The summed E-state index contributed by atoms with van der Waals surface area (Å²) in [6, 6.07) is 42.9. The number of pyridine rings is 2. The number of rotatable bonds is 3. The van der Waals surface area contributed by atoms with Gasteiger partial charge in [0.05, 0.1) is 0 Å². The smallest absolute Gasteiger partial charge is 0.549 e. The van der Waals surface area contributed by atoms with Crippen LogP contribution < -0.4 is 0 Å². The first-order valence-corrected chi connectivity index (χ1v) is 12.4. The van der Waals surface area contributed by atoms with Gasteiger partial charge in [0.15, 0.2) is 0 Å². The Balaban J connectivity index is 0.000000177. The summed E-state index contributed by atoms with van der Waals surface area (Å²) in [5, 5.41) is 13.1. The van der Waals surface area contributed by atoms with Crippen molar-refractivity contribution in [3.8, 4) is 22.5 Å². The van der Waals surface area contributed by atoms with Gasteiger partial charge in [-0.15, -0.1) is 71.8 Å². The SMILES string of the molecule is CC(=O)[C-]=C(C)O.[Ir+3].[c-]1ccccc1-c1nccc2ccccc12.[c-]1ccccc1-c1nccc2ccccc12. The number of ketones is 1. The standard InChI is InChI=1S/2C15H10N.C5H7O2.Ir/c2*1-2-7-13(8-3-1)15-14-9-5-4-6-12(14)10-11-16-15;1-4(6)3-5(2)7;/h2*1-7,9-11H;6H,1-2H3;/q3*-1;+3. The van der Waals surface area contributed by atoms with E-state index in [1.807, 2.05) is 97.3 Å². The molecule has 0 aliphatic carbocycles. The summed E-state index contributed by atoms with van der Waals surface area (Å²) in [4.78, 5) is 18.9. The number of benzene rings is 4. The van der Waals surface area contributed by atoms with Gasteiger partial charge in [-0.2, -0.15) is 0 Å². The molecule has 0 bridgehead atoms. The molecule has 2 aromatic heterocycles. The summed E-state index contributed by atoms with van der Waals surface area (Å²) in [7, 11) is 0. The molecule has 0 fully saturated rings. The Morgan fingerprint density at radius 1 is 0.650 bits per heavy atom. The molecule has 5 heteroatoms. The molecule has 2 heterocycles. The Morgan fingerprint density at radius 3 is 1.43 bits per heavy atom. The second kappa shape index (κ2) is 15.2. The third-order valence-corrected chi connectivity index (χ3v) is 5.63. The van der Waals surface area contributed by atoms with E-state index in [2.05, 4.69) is 52.4 Å². The van der Waals surface area contributed by atoms with Gasteiger partial charge in [0.2, 0.25) is 0 Å². The fourth-order valence-electron chi connectivity index (χ4n) is 4.00. The van der Waals surface area contributed by atoms with Crippen LogP contribution >= 0.6 is 0 Å². The van der Waals surface area contributed by atoms with Crippen molar-refractivity contribution in [3.05, 3.63) is 146 Å². The zero-order valence-corrected chi connectivity index (χ0v) is 24.5. The van der Waals surface area contributed by atoms with E-state index in [9.17, 15) is 4.79 Å². The molecule has 4 aromatic carbocycles.